The fourth-order valence-electron chi connectivity index (χ4n) is 4.14. The van der Waals surface area contributed by atoms with E-state index >= 15 is 0 Å². The normalized spacial score (nSPS) is 11.5. The van der Waals surface area contributed by atoms with Gasteiger partial charge >= 0.3 is 5.69 Å². The summed E-state index contributed by atoms with van der Waals surface area (Å²) >= 11 is 0. The SMILES string of the molecule is CC(C)CCn1c(CN(C)CC(=O)Nc2ccccc2)nc2c1c(=O)[nH]c(=O)n2Cc1ccccc1. The summed E-state index contributed by atoms with van der Waals surface area (Å²) < 4.78 is 3.39. The molecule has 0 atom stereocenters. The lowest BCUT2D eigenvalue weighted by molar-refractivity contribution is -0.117. The van der Waals surface area contributed by atoms with Crippen molar-refractivity contribution in [1.29, 1.82) is 0 Å². The van der Waals surface area contributed by atoms with Gasteiger partial charge < -0.3 is 9.88 Å². The lowest BCUT2D eigenvalue weighted by Crippen LogP contribution is -2.32. The number of benzene rings is 2. The Morgan fingerprint density at radius 3 is 2.36 bits per heavy atom. The number of aryl methyl sites for hydroxylation is 1. The summed E-state index contributed by atoms with van der Waals surface area (Å²) in [6.45, 7) is 5.61. The third-order valence-corrected chi connectivity index (χ3v) is 5.96. The number of carbonyl (C=O) groups excluding carboxylic acids is 1. The zero-order valence-electron chi connectivity index (χ0n) is 20.9. The Morgan fingerprint density at radius 1 is 1.03 bits per heavy atom. The van der Waals surface area contributed by atoms with Crippen LogP contribution in [0.15, 0.2) is 70.3 Å². The number of imidazole rings is 1. The summed E-state index contributed by atoms with van der Waals surface area (Å²) in [6, 6.07) is 18.9. The molecule has 9 nitrogen and oxygen atoms in total. The van der Waals surface area contributed by atoms with Crippen LogP contribution in [0.1, 0.15) is 31.7 Å². The van der Waals surface area contributed by atoms with E-state index in [4.69, 9.17) is 4.98 Å². The van der Waals surface area contributed by atoms with Gasteiger partial charge in [0.05, 0.1) is 19.6 Å². The first kappa shape index (κ1) is 25.1. The maximum atomic E-state index is 12.9. The average Bonchev–Trinajstić information content (AvgIpc) is 3.19. The lowest BCUT2D eigenvalue weighted by atomic mass is 10.1. The van der Waals surface area contributed by atoms with E-state index in [-0.39, 0.29) is 12.5 Å². The number of rotatable bonds is 10. The van der Waals surface area contributed by atoms with Crippen LogP contribution in [0.4, 0.5) is 5.69 Å². The number of aromatic nitrogens is 4. The summed E-state index contributed by atoms with van der Waals surface area (Å²) in [7, 11) is 1.83. The van der Waals surface area contributed by atoms with Crippen LogP contribution in [0.5, 0.6) is 0 Å². The number of hydrogen-bond donors (Lipinski definition) is 2. The monoisotopic (exact) mass is 488 g/mol. The van der Waals surface area contributed by atoms with Gasteiger partial charge in [0.25, 0.3) is 5.56 Å². The van der Waals surface area contributed by atoms with Crippen molar-refractivity contribution in [2.24, 2.45) is 5.92 Å². The van der Waals surface area contributed by atoms with Gasteiger partial charge in [-0.15, -0.1) is 0 Å². The molecule has 2 aromatic heterocycles. The molecule has 0 radical (unpaired) electrons. The van der Waals surface area contributed by atoms with E-state index in [0.717, 1.165) is 17.7 Å². The molecule has 2 aromatic carbocycles. The first-order valence-electron chi connectivity index (χ1n) is 12.1. The highest BCUT2D eigenvalue weighted by Crippen LogP contribution is 2.17. The standard InChI is InChI=1S/C27H32N6O3/c1-19(2)14-15-32-22(17-31(3)18-23(34)28-21-12-8-5-9-13-21)29-25-24(32)26(35)30-27(36)33(25)16-20-10-6-4-7-11-20/h4-13,19H,14-18H2,1-3H3,(H,28,34)(H,30,35,36). The second-order valence-electron chi connectivity index (χ2n) is 9.45. The Bertz CT molecular complexity index is 1440. The fourth-order valence-corrected chi connectivity index (χ4v) is 4.14. The highest BCUT2D eigenvalue weighted by molar-refractivity contribution is 5.92. The van der Waals surface area contributed by atoms with Gasteiger partial charge in [-0.05, 0) is 37.1 Å². The first-order chi connectivity index (χ1) is 17.3. The maximum Gasteiger partial charge on any atom is 0.330 e. The molecule has 9 heteroatoms. The van der Waals surface area contributed by atoms with Gasteiger partial charge in [-0.1, -0.05) is 62.4 Å². The van der Waals surface area contributed by atoms with Gasteiger partial charge in [0.2, 0.25) is 5.91 Å². The number of nitrogens with zero attached hydrogens (tertiary/aromatic N) is 4. The van der Waals surface area contributed by atoms with E-state index < -0.39 is 11.2 Å². The third-order valence-electron chi connectivity index (χ3n) is 5.96. The van der Waals surface area contributed by atoms with Crippen LogP contribution in [0.2, 0.25) is 0 Å². The van der Waals surface area contributed by atoms with Crippen molar-refractivity contribution >= 4 is 22.8 Å². The zero-order chi connectivity index (χ0) is 25.7. The van der Waals surface area contributed by atoms with Crippen LogP contribution < -0.4 is 16.6 Å². The number of aromatic amines is 1. The van der Waals surface area contributed by atoms with Crippen LogP contribution in [0, 0.1) is 5.92 Å². The molecular weight excluding hydrogens is 456 g/mol. The molecule has 2 heterocycles. The minimum atomic E-state index is -0.494. The Hall–Kier alpha value is -3.98. The molecule has 0 aliphatic rings. The number of nitrogens with one attached hydrogen (secondary N) is 2. The van der Waals surface area contributed by atoms with E-state index in [1.54, 1.807) is 0 Å². The molecule has 0 saturated carbocycles. The number of likely N-dealkylation sites (N-methyl/N-ethyl adjacent to an activating group) is 1. The number of anilines is 1. The molecule has 4 rings (SSSR count). The minimum Gasteiger partial charge on any atom is -0.325 e. The van der Waals surface area contributed by atoms with E-state index in [1.807, 2.05) is 77.2 Å². The van der Waals surface area contributed by atoms with E-state index in [0.29, 0.717) is 42.5 Å². The molecule has 36 heavy (non-hydrogen) atoms. The largest absolute Gasteiger partial charge is 0.330 e. The number of para-hydroxylation sites is 1. The molecular formula is C27H32N6O3. The summed E-state index contributed by atoms with van der Waals surface area (Å²) in [4.78, 5) is 47.4. The molecule has 0 aliphatic carbocycles. The van der Waals surface area contributed by atoms with Crippen molar-refractivity contribution in [2.45, 2.75) is 39.9 Å². The molecule has 0 unspecified atom stereocenters. The Balaban J connectivity index is 1.66. The highest BCUT2D eigenvalue weighted by Gasteiger charge is 2.20. The molecule has 1 amide bonds. The number of carbonyl (C=O) groups is 1. The fraction of sp³-hybridized carbons (Fsp3) is 0.333. The van der Waals surface area contributed by atoms with Gasteiger partial charge in [0, 0.05) is 12.2 Å². The predicted octanol–water partition coefficient (Wildman–Crippen LogP) is 3.05. The van der Waals surface area contributed by atoms with Crippen molar-refractivity contribution in [3.63, 3.8) is 0 Å². The quantitative estimate of drug-likeness (QED) is 0.357. The number of H-pyrrole nitrogens is 1. The zero-order valence-corrected chi connectivity index (χ0v) is 20.9. The van der Waals surface area contributed by atoms with Gasteiger partial charge in [-0.25, -0.2) is 9.78 Å². The van der Waals surface area contributed by atoms with Crippen LogP contribution in [0.3, 0.4) is 0 Å². The maximum absolute atomic E-state index is 12.9. The predicted molar refractivity (Wildman–Crippen MR) is 141 cm³/mol. The minimum absolute atomic E-state index is 0.146. The molecule has 0 fully saturated rings. The number of fused-ring (bicyclic) bond motifs is 1. The Kier molecular flexibility index (Phi) is 7.80. The summed E-state index contributed by atoms with van der Waals surface area (Å²) in [5, 5.41) is 2.88. The Morgan fingerprint density at radius 2 is 1.69 bits per heavy atom. The van der Waals surface area contributed by atoms with Crippen molar-refractivity contribution in [2.75, 3.05) is 18.9 Å². The Labute approximate surface area is 209 Å². The highest BCUT2D eigenvalue weighted by atomic mass is 16.2. The molecule has 0 aliphatic heterocycles. The van der Waals surface area contributed by atoms with E-state index in [1.165, 1.54) is 4.57 Å². The molecule has 4 aromatic rings. The van der Waals surface area contributed by atoms with Gasteiger partial charge in [0.15, 0.2) is 11.2 Å². The van der Waals surface area contributed by atoms with Crippen LogP contribution in [-0.4, -0.2) is 43.5 Å². The number of amides is 1. The summed E-state index contributed by atoms with van der Waals surface area (Å²) in [6.07, 6.45) is 0.841. The second-order valence-corrected chi connectivity index (χ2v) is 9.45. The summed E-state index contributed by atoms with van der Waals surface area (Å²) in [5.41, 5.74) is 1.45. The molecule has 0 spiro atoms. The molecule has 0 saturated heterocycles. The van der Waals surface area contributed by atoms with Crippen LogP contribution in [-0.2, 0) is 24.4 Å². The van der Waals surface area contributed by atoms with E-state index in [9.17, 15) is 14.4 Å². The second kappa shape index (κ2) is 11.2. The van der Waals surface area contributed by atoms with Crippen LogP contribution >= 0.6 is 0 Å². The van der Waals surface area contributed by atoms with Gasteiger partial charge in [-0.2, -0.15) is 0 Å². The van der Waals surface area contributed by atoms with Crippen LogP contribution in [0.25, 0.3) is 11.2 Å². The number of hydrogen-bond acceptors (Lipinski definition) is 5. The van der Waals surface area contributed by atoms with Crippen molar-refractivity contribution in [3.8, 4) is 0 Å². The molecule has 0 bridgehead atoms. The van der Waals surface area contributed by atoms with Crippen molar-refractivity contribution in [3.05, 3.63) is 92.9 Å². The van der Waals surface area contributed by atoms with Gasteiger partial charge in [0.1, 0.15) is 5.82 Å². The third kappa shape index (κ3) is 5.98. The lowest BCUT2D eigenvalue weighted by Gasteiger charge is -2.17. The smallest absolute Gasteiger partial charge is 0.325 e. The molecule has 2 N–H and O–H groups in total. The average molecular weight is 489 g/mol. The molecule has 188 valence electrons. The first-order valence-corrected chi connectivity index (χ1v) is 12.1. The summed E-state index contributed by atoms with van der Waals surface area (Å²) in [5.74, 6) is 0.907. The van der Waals surface area contributed by atoms with Crippen molar-refractivity contribution in [1.82, 2.24) is 24.0 Å². The van der Waals surface area contributed by atoms with Crippen molar-refractivity contribution < 1.29 is 4.79 Å². The topological polar surface area (TPSA) is 105 Å². The van der Waals surface area contributed by atoms with Gasteiger partial charge in [-0.3, -0.25) is 24.0 Å². The van der Waals surface area contributed by atoms with E-state index in [2.05, 4.69) is 24.1 Å².